The van der Waals surface area contributed by atoms with Crippen molar-refractivity contribution in [1.82, 2.24) is 0 Å². The first-order valence-electron chi connectivity index (χ1n) is 5.37. The van der Waals surface area contributed by atoms with Crippen LogP contribution >= 0.6 is 12.6 Å². The predicted octanol–water partition coefficient (Wildman–Crippen LogP) is 2.01. The molecular weight excluding hydrogens is 212 g/mol. The van der Waals surface area contributed by atoms with Gasteiger partial charge in [0.2, 0.25) is 0 Å². The molecule has 0 radical (unpaired) electrons. The van der Waals surface area contributed by atoms with Crippen LogP contribution in [0, 0.1) is 5.41 Å². The number of methoxy groups -OCH3 is 1. The van der Waals surface area contributed by atoms with Crippen LogP contribution in [0.25, 0.3) is 0 Å². The van der Waals surface area contributed by atoms with Crippen LogP contribution in [0.2, 0.25) is 0 Å². The van der Waals surface area contributed by atoms with Crippen LogP contribution < -0.4 is 0 Å². The monoisotopic (exact) mass is 236 g/mol. The molecule has 0 heterocycles. The van der Waals surface area contributed by atoms with E-state index in [0.29, 0.717) is 13.2 Å². The maximum absolute atomic E-state index is 5.54. The summed E-state index contributed by atoms with van der Waals surface area (Å²) in [6, 6.07) is 0. The molecule has 0 aromatic carbocycles. The zero-order valence-electron chi connectivity index (χ0n) is 10.1. The Hall–Kier alpha value is 0.230. The summed E-state index contributed by atoms with van der Waals surface area (Å²) in [7, 11) is 1.67. The number of ether oxygens (including phenoxy) is 3. The van der Waals surface area contributed by atoms with Crippen LogP contribution in [0.5, 0.6) is 0 Å². The molecule has 4 heteroatoms. The number of hydrogen-bond donors (Lipinski definition) is 1. The predicted molar refractivity (Wildman–Crippen MR) is 65.8 cm³/mol. The molecule has 0 aromatic rings. The van der Waals surface area contributed by atoms with Crippen LogP contribution in [0.15, 0.2) is 0 Å². The van der Waals surface area contributed by atoms with E-state index in [2.05, 4.69) is 26.5 Å². The number of thiol groups is 1. The molecule has 0 N–H and O–H groups in total. The summed E-state index contributed by atoms with van der Waals surface area (Å²) in [5.74, 6) is 0.845. The van der Waals surface area contributed by atoms with Gasteiger partial charge < -0.3 is 14.2 Å². The summed E-state index contributed by atoms with van der Waals surface area (Å²) in [6.45, 7) is 7.87. The highest BCUT2D eigenvalue weighted by Crippen LogP contribution is 2.16. The van der Waals surface area contributed by atoms with Crippen molar-refractivity contribution in [2.45, 2.75) is 20.3 Å². The number of hydrogen-bond acceptors (Lipinski definition) is 4. The Labute approximate surface area is 98.9 Å². The highest BCUT2D eigenvalue weighted by Gasteiger charge is 2.15. The molecule has 0 aliphatic rings. The third kappa shape index (κ3) is 10.5. The molecule has 0 rings (SSSR count). The van der Waals surface area contributed by atoms with Crippen molar-refractivity contribution >= 4 is 12.6 Å². The van der Waals surface area contributed by atoms with Crippen LogP contribution in [-0.2, 0) is 14.2 Å². The average molecular weight is 236 g/mol. The molecule has 0 amide bonds. The Balaban J connectivity index is 3.11. The molecule has 0 saturated heterocycles. The van der Waals surface area contributed by atoms with Crippen molar-refractivity contribution in [2.24, 2.45) is 5.41 Å². The molecule has 0 bridgehead atoms. The van der Waals surface area contributed by atoms with Gasteiger partial charge in [0, 0.05) is 20.3 Å². The second-order valence-electron chi connectivity index (χ2n) is 4.33. The van der Waals surface area contributed by atoms with Crippen LogP contribution in [0.1, 0.15) is 20.3 Å². The zero-order chi connectivity index (χ0) is 11.6. The highest BCUT2D eigenvalue weighted by atomic mass is 32.1. The minimum Gasteiger partial charge on any atom is -0.382 e. The smallest absolute Gasteiger partial charge is 0.0700 e. The van der Waals surface area contributed by atoms with E-state index in [1.54, 1.807) is 7.11 Å². The van der Waals surface area contributed by atoms with E-state index in [1.807, 2.05) is 0 Å². The summed E-state index contributed by atoms with van der Waals surface area (Å²) in [4.78, 5) is 0. The summed E-state index contributed by atoms with van der Waals surface area (Å²) in [5.41, 5.74) is 0.167. The Morgan fingerprint density at radius 2 is 1.67 bits per heavy atom. The standard InChI is InChI=1S/C11H24O3S/c1-11(2,10-15)9-14-6-4-5-13-8-7-12-3/h15H,4-10H2,1-3H3. The molecule has 0 aliphatic heterocycles. The second-order valence-corrected chi connectivity index (χ2v) is 4.65. The molecule has 0 unspecified atom stereocenters. The Bertz CT molecular complexity index is 140. The lowest BCUT2D eigenvalue weighted by molar-refractivity contribution is 0.0357. The van der Waals surface area contributed by atoms with Crippen molar-refractivity contribution in [2.75, 3.05) is 45.9 Å². The maximum Gasteiger partial charge on any atom is 0.0700 e. The van der Waals surface area contributed by atoms with Gasteiger partial charge >= 0.3 is 0 Å². The van der Waals surface area contributed by atoms with Gasteiger partial charge in [-0.2, -0.15) is 12.6 Å². The van der Waals surface area contributed by atoms with Gasteiger partial charge in [-0.05, 0) is 17.6 Å². The fourth-order valence-electron chi connectivity index (χ4n) is 0.901. The highest BCUT2D eigenvalue weighted by molar-refractivity contribution is 7.80. The summed E-state index contributed by atoms with van der Waals surface area (Å²) in [6.07, 6.45) is 0.937. The van der Waals surface area contributed by atoms with Crippen molar-refractivity contribution in [3.63, 3.8) is 0 Å². The third-order valence-electron chi connectivity index (χ3n) is 1.93. The van der Waals surface area contributed by atoms with E-state index in [9.17, 15) is 0 Å². The first-order valence-corrected chi connectivity index (χ1v) is 6.01. The van der Waals surface area contributed by atoms with Crippen molar-refractivity contribution in [1.29, 1.82) is 0 Å². The first-order chi connectivity index (χ1) is 7.12. The molecule has 3 nitrogen and oxygen atoms in total. The topological polar surface area (TPSA) is 27.7 Å². The Morgan fingerprint density at radius 1 is 1.00 bits per heavy atom. The van der Waals surface area contributed by atoms with Crippen LogP contribution in [0.4, 0.5) is 0 Å². The van der Waals surface area contributed by atoms with E-state index in [4.69, 9.17) is 14.2 Å². The Kier molecular flexibility index (Phi) is 9.60. The van der Waals surface area contributed by atoms with Gasteiger partial charge in [0.15, 0.2) is 0 Å². The lowest BCUT2D eigenvalue weighted by Crippen LogP contribution is -2.21. The van der Waals surface area contributed by atoms with Gasteiger partial charge in [-0.3, -0.25) is 0 Å². The maximum atomic E-state index is 5.54. The third-order valence-corrected chi connectivity index (χ3v) is 2.79. The van der Waals surface area contributed by atoms with Crippen LogP contribution in [0.3, 0.4) is 0 Å². The minimum atomic E-state index is 0.167. The molecule has 0 aliphatic carbocycles. The van der Waals surface area contributed by atoms with E-state index in [0.717, 1.165) is 32.0 Å². The lowest BCUT2D eigenvalue weighted by atomic mass is 9.98. The fraction of sp³-hybridized carbons (Fsp3) is 1.00. The minimum absolute atomic E-state index is 0.167. The summed E-state index contributed by atoms with van der Waals surface area (Å²) < 4.78 is 15.7. The molecule has 0 atom stereocenters. The van der Waals surface area contributed by atoms with Crippen LogP contribution in [-0.4, -0.2) is 45.9 Å². The van der Waals surface area contributed by atoms with Crippen molar-refractivity contribution < 1.29 is 14.2 Å². The largest absolute Gasteiger partial charge is 0.382 e. The average Bonchev–Trinajstić information content (AvgIpc) is 2.22. The summed E-state index contributed by atoms with van der Waals surface area (Å²) in [5, 5.41) is 0. The van der Waals surface area contributed by atoms with E-state index >= 15 is 0 Å². The first kappa shape index (κ1) is 15.2. The van der Waals surface area contributed by atoms with Gasteiger partial charge in [-0.15, -0.1) is 0 Å². The molecule has 0 saturated carbocycles. The van der Waals surface area contributed by atoms with Gasteiger partial charge in [-0.25, -0.2) is 0 Å². The molecule has 0 aromatic heterocycles. The quantitative estimate of drug-likeness (QED) is 0.464. The molecule has 0 spiro atoms. The lowest BCUT2D eigenvalue weighted by Gasteiger charge is -2.21. The Morgan fingerprint density at radius 3 is 2.27 bits per heavy atom. The normalized spacial score (nSPS) is 12.0. The van der Waals surface area contributed by atoms with Gasteiger partial charge in [-0.1, -0.05) is 13.8 Å². The van der Waals surface area contributed by atoms with Crippen molar-refractivity contribution in [3.05, 3.63) is 0 Å². The van der Waals surface area contributed by atoms with Gasteiger partial charge in [0.1, 0.15) is 0 Å². The van der Waals surface area contributed by atoms with Crippen molar-refractivity contribution in [3.8, 4) is 0 Å². The van der Waals surface area contributed by atoms with Gasteiger partial charge in [0.05, 0.1) is 19.8 Å². The van der Waals surface area contributed by atoms with E-state index in [1.165, 1.54) is 0 Å². The summed E-state index contributed by atoms with van der Waals surface area (Å²) >= 11 is 4.26. The molecule has 92 valence electrons. The molecular formula is C11H24O3S. The fourth-order valence-corrected chi connectivity index (χ4v) is 0.993. The second kappa shape index (κ2) is 9.46. The number of rotatable bonds is 10. The van der Waals surface area contributed by atoms with E-state index in [-0.39, 0.29) is 5.41 Å². The van der Waals surface area contributed by atoms with E-state index < -0.39 is 0 Å². The molecule has 15 heavy (non-hydrogen) atoms. The van der Waals surface area contributed by atoms with Gasteiger partial charge in [0.25, 0.3) is 0 Å². The zero-order valence-corrected chi connectivity index (χ0v) is 11.0. The SMILES string of the molecule is COCCOCCCOCC(C)(C)CS. The molecule has 0 fully saturated rings.